The van der Waals surface area contributed by atoms with E-state index in [4.69, 9.17) is 4.74 Å². The molecule has 0 saturated carbocycles. The standard InChI is InChI=1S/C18H25N5O6/c1-3-5-11(25)18(28)14(27)10(7-24)29-17(18)23-9-21-13-15(19-8-20-16(13)23)22-12(26)6-4-2/h8-10,14,17,24,27-28H,3-7H2,1-2H3,(H,19,20,22,26)/t10-,14-,17-,18-/m1/s1. The Balaban J connectivity index is 2.04. The number of rotatable bonds is 8. The van der Waals surface area contributed by atoms with Gasteiger partial charge in [-0.05, 0) is 12.8 Å². The summed E-state index contributed by atoms with van der Waals surface area (Å²) >= 11 is 0. The number of hydrogen-bond acceptors (Lipinski definition) is 9. The molecule has 1 saturated heterocycles. The highest BCUT2D eigenvalue weighted by atomic mass is 16.6. The van der Waals surface area contributed by atoms with Gasteiger partial charge in [0.15, 0.2) is 34.6 Å². The summed E-state index contributed by atoms with van der Waals surface area (Å²) in [5.74, 6) is -0.654. The zero-order valence-electron chi connectivity index (χ0n) is 16.3. The van der Waals surface area contributed by atoms with Crippen molar-refractivity contribution < 1.29 is 29.6 Å². The van der Waals surface area contributed by atoms with Crippen molar-refractivity contribution in [1.82, 2.24) is 19.5 Å². The van der Waals surface area contributed by atoms with E-state index in [2.05, 4.69) is 20.3 Å². The van der Waals surface area contributed by atoms with E-state index < -0.39 is 36.4 Å². The maximum atomic E-state index is 12.7. The molecule has 1 fully saturated rings. The minimum Gasteiger partial charge on any atom is -0.394 e. The summed E-state index contributed by atoms with van der Waals surface area (Å²) in [5, 5.41) is 33.8. The maximum absolute atomic E-state index is 12.7. The molecule has 1 amide bonds. The number of Topliss-reactive ketones (excluding diaryl/α,β-unsaturated/α-hetero) is 1. The third-order valence-electron chi connectivity index (χ3n) is 4.93. The van der Waals surface area contributed by atoms with Gasteiger partial charge >= 0.3 is 0 Å². The number of carbonyl (C=O) groups is 2. The SMILES string of the molecule is CCCC(=O)Nc1ncnc2c1ncn2[C@@H]1O[C@H](CO)[C@@H](O)[C@]1(O)C(=O)CCC. The van der Waals surface area contributed by atoms with E-state index in [0.717, 1.165) is 0 Å². The molecular formula is C18H25N5O6. The third-order valence-corrected chi connectivity index (χ3v) is 4.93. The molecule has 0 radical (unpaired) electrons. The van der Waals surface area contributed by atoms with E-state index in [1.54, 1.807) is 6.92 Å². The molecule has 0 unspecified atom stereocenters. The molecule has 29 heavy (non-hydrogen) atoms. The number of hydrogen-bond donors (Lipinski definition) is 4. The lowest BCUT2D eigenvalue weighted by atomic mass is 9.87. The highest BCUT2D eigenvalue weighted by Gasteiger charge is 2.60. The summed E-state index contributed by atoms with van der Waals surface area (Å²) in [6.07, 6.45) is -0.178. The van der Waals surface area contributed by atoms with Crippen LogP contribution in [0.5, 0.6) is 0 Å². The molecule has 11 heteroatoms. The molecule has 0 aromatic carbocycles. The van der Waals surface area contributed by atoms with Crippen LogP contribution in [-0.4, -0.2) is 70.9 Å². The number of fused-ring (bicyclic) bond motifs is 1. The number of anilines is 1. The first kappa shape index (κ1) is 21.2. The topological polar surface area (TPSA) is 160 Å². The number of amides is 1. The lowest BCUT2D eigenvalue weighted by molar-refractivity contribution is -0.158. The lowest BCUT2D eigenvalue weighted by Crippen LogP contribution is -2.53. The van der Waals surface area contributed by atoms with Crippen molar-refractivity contribution in [2.45, 2.75) is 63.6 Å². The van der Waals surface area contributed by atoms with Gasteiger partial charge in [-0.15, -0.1) is 0 Å². The smallest absolute Gasteiger partial charge is 0.225 e. The second-order valence-electron chi connectivity index (χ2n) is 7.00. The Morgan fingerprint density at radius 2 is 1.97 bits per heavy atom. The molecule has 3 heterocycles. The quantitative estimate of drug-likeness (QED) is 0.469. The molecule has 0 bridgehead atoms. The first-order valence-corrected chi connectivity index (χ1v) is 9.55. The molecule has 3 rings (SSSR count). The van der Waals surface area contributed by atoms with Crippen LogP contribution in [0.3, 0.4) is 0 Å². The zero-order valence-corrected chi connectivity index (χ0v) is 16.3. The van der Waals surface area contributed by atoms with Gasteiger partial charge in [0, 0.05) is 12.8 Å². The van der Waals surface area contributed by atoms with Crippen molar-refractivity contribution in [2.24, 2.45) is 0 Å². The van der Waals surface area contributed by atoms with Crippen LogP contribution in [0.25, 0.3) is 11.2 Å². The summed E-state index contributed by atoms with van der Waals surface area (Å²) in [7, 11) is 0. The van der Waals surface area contributed by atoms with Gasteiger partial charge in [0.1, 0.15) is 18.5 Å². The van der Waals surface area contributed by atoms with Crippen molar-refractivity contribution in [1.29, 1.82) is 0 Å². The van der Waals surface area contributed by atoms with E-state index in [0.29, 0.717) is 19.3 Å². The van der Waals surface area contributed by atoms with Gasteiger partial charge in [-0.25, -0.2) is 15.0 Å². The van der Waals surface area contributed by atoms with E-state index in [-0.39, 0.29) is 29.3 Å². The summed E-state index contributed by atoms with van der Waals surface area (Å²) in [6.45, 7) is 3.06. The molecule has 1 aliphatic heterocycles. The van der Waals surface area contributed by atoms with Gasteiger partial charge in [0.05, 0.1) is 12.9 Å². The highest BCUT2D eigenvalue weighted by Crippen LogP contribution is 2.41. The van der Waals surface area contributed by atoms with Crippen molar-refractivity contribution in [3.05, 3.63) is 12.7 Å². The molecule has 1 aliphatic rings. The fourth-order valence-corrected chi connectivity index (χ4v) is 3.46. The number of nitrogens with one attached hydrogen (secondary N) is 1. The van der Waals surface area contributed by atoms with Crippen molar-refractivity contribution in [3.8, 4) is 0 Å². The number of nitrogens with zero attached hydrogens (tertiary/aromatic N) is 4. The molecule has 4 N–H and O–H groups in total. The van der Waals surface area contributed by atoms with Crippen molar-refractivity contribution >= 4 is 28.7 Å². The fraction of sp³-hybridized carbons (Fsp3) is 0.611. The number of aliphatic hydroxyl groups is 3. The van der Waals surface area contributed by atoms with Gasteiger partial charge in [-0.2, -0.15) is 0 Å². The molecule has 2 aromatic heterocycles. The zero-order chi connectivity index (χ0) is 21.2. The second-order valence-corrected chi connectivity index (χ2v) is 7.00. The predicted octanol–water partition coefficient (Wildman–Crippen LogP) is -0.0842. The Morgan fingerprint density at radius 1 is 1.24 bits per heavy atom. The number of ether oxygens (including phenoxy) is 1. The third kappa shape index (κ3) is 3.62. The molecule has 158 valence electrons. The Labute approximate surface area is 166 Å². The van der Waals surface area contributed by atoms with Crippen LogP contribution in [0, 0.1) is 0 Å². The van der Waals surface area contributed by atoms with Crippen LogP contribution in [0.15, 0.2) is 12.7 Å². The Hall–Kier alpha value is -2.47. The minimum atomic E-state index is -2.28. The summed E-state index contributed by atoms with van der Waals surface area (Å²) in [4.78, 5) is 37.0. The summed E-state index contributed by atoms with van der Waals surface area (Å²) in [5.41, 5.74) is -1.84. The van der Waals surface area contributed by atoms with Crippen molar-refractivity contribution in [3.63, 3.8) is 0 Å². The number of aromatic nitrogens is 4. The first-order valence-electron chi connectivity index (χ1n) is 9.55. The van der Waals surface area contributed by atoms with Gasteiger partial charge < -0.3 is 25.4 Å². The van der Waals surface area contributed by atoms with E-state index in [1.165, 1.54) is 17.2 Å². The molecule has 2 aromatic rings. The Morgan fingerprint density at radius 3 is 2.62 bits per heavy atom. The van der Waals surface area contributed by atoms with Crippen LogP contribution in [0.1, 0.15) is 45.8 Å². The lowest BCUT2D eigenvalue weighted by Gasteiger charge is -2.30. The fourth-order valence-electron chi connectivity index (χ4n) is 3.46. The van der Waals surface area contributed by atoms with Crippen LogP contribution in [-0.2, 0) is 14.3 Å². The van der Waals surface area contributed by atoms with Gasteiger partial charge in [-0.1, -0.05) is 13.8 Å². The first-order chi connectivity index (χ1) is 13.9. The summed E-state index contributed by atoms with van der Waals surface area (Å²) in [6, 6.07) is 0. The van der Waals surface area contributed by atoms with Gasteiger partial charge in [0.2, 0.25) is 5.91 Å². The van der Waals surface area contributed by atoms with Gasteiger partial charge in [0.25, 0.3) is 0 Å². The number of ketones is 1. The minimum absolute atomic E-state index is 0.0194. The molecular weight excluding hydrogens is 382 g/mol. The number of imidazole rings is 1. The van der Waals surface area contributed by atoms with E-state index in [1.807, 2.05) is 6.92 Å². The van der Waals surface area contributed by atoms with Crippen LogP contribution in [0.4, 0.5) is 5.82 Å². The Bertz CT molecular complexity index is 902. The van der Waals surface area contributed by atoms with E-state index >= 15 is 0 Å². The predicted molar refractivity (Wildman–Crippen MR) is 101 cm³/mol. The average Bonchev–Trinajstić information content (AvgIpc) is 3.23. The van der Waals surface area contributed by atoms with Gasteiger partial charge in [-0.3, -0.25) is 14.2 Å². The van der Waals surface area contributed by atoms with E-state index in [9.17, 15) is 24.9 Å². The molecule has 0 spiro atoms. The van der Waals surface area contributed by atoms with Crippen LogP contribution in [0.2, 0.25) is 0 Å². The number of carbonyl (C=O) groups excluding carboxylic acids is 2. The number of aliphatic hydroxyl groups excluding tert-OH is 2. The molecule has 11 nitrogen and oxygen atoms in total. The molecule has 4 atom stereocenters. The van der Waals surface area contributed by atoms with Crippen molar-refractivity contribution in [2.75, 3.05) is 11.9 Å². The Kier molecular flexibility index (Phi) is 6.22. The second kappa shape index (κ2) is 8.49. The highest BCUT2D eigenvalue weighted by molar-refractivity contribution is 5.96. The molecule has 0 aliphatic carbocycles. The largest absolute Gasteiger partial charge is 0.394 e. The van der Waals surface area contributed by atoms with Crippen LogP contribution >= 0.6 is 0 Å². The monoisotopic (exact) mass is 407 g/mol. The normalized spacial score (nSPS) is 26.7. The van der Waals surface area contributed by atoms with Crippen LogP contribution < -0.4 is 5.32 Å². The average molecular weight is 407 g/mol. The summed E-state index contributed by atoms with van der Waals surface area (Å²) < 4.78 is 6.93. The maximum Gasteiger partial charge on any atom is 0.225 e.